The maximum atomic E-state index is 13.2. The molecule has 27 heavy (non-hydrogen) atoms. The van der Waals surface area contributed by atoms with Crippen molar-refractivity contribution in [2.75, 3.05) is 18.6 Å². The lowest BCUT2D eigenvalue weighted by Gasteiger charge is -2.33. The number of hydrogen-bond acceptors (Lipinski definition) is 5. The molecule has 1 atom stereocenters. The van der Waals surface area contributed by atoms with E-state index in [1.54, 1.807) is 23.8 Å². The van der Waals surface area contributed by atoms with Crippen molar-refractivity contribution in [1.29, 1.82) is 0 Å². The van der Waals surface area contributed by atoms with E-state index in [2.05, 4.69) is 0 Å². The van der Waals surface area contributed by atoms with Crippen molar-refractivity contribution in [2.45, 2.75) is 36.5 Å². The van der Waals surface area contributed by atoms with Crippen LogP contribution in [0.3, 0.4) is 0 Å². The van der Waals surface area contributed by atoms with Crippen molar-refractivity contribution in [1.82, 2.24) is 0 Å². The standard InChI is InChI=1S/C21H24N2O3S/c1-3-16(24)13-23-18-10-15(12-22)6-9-19(18)27-20(21(23)25)11-14-4-7-17(26-2)8-5-14/h4-10,20H,3,11-13,22H2,1-2H3. The molecule has 5 nitrogen and oxygen atoms in total. The molecule has 1 unspecified atom stereocenters. The highest BCUT2D eigenvalue weighted by Gasteiger charge is 2.34. The number of nitrogens with two attached hydrogens (primary N) is 1. The van der Waals surface area contributed by atoms with Crippen molar-refractivity contribution in [3.05, 3.63) is 53.6 Å². The molecule has 142 valence electrons. The normalized spacial score (nSPS) is 16.2. The highest BCUT2D eigenvalue weighted by Crippen LogP contribution is 2.41. The largest absolute Gasteiger partial charge is 0.497 e. The summed E-state index contributed by atoms with van der Waals surface area (Å²) in [6.45, 7) is 2.32. The lowest BCUT2D eigenvalue weighted by atomic mass is 10.1. The lowest BCUT2D eigenvalue weighted by Crippen LogP contribution is -2.44. The van der Waals surface area contributed by atoms with Crippen LogP contribution in [0.15, 0.2) is 47.4 Å². The Morgan fingerprint density at radius 3 is 2.52 bits per heavy atom. The van der Waals surface area contributed by atoms with E-state index in [9.17, 15) is 9.59 Å². The first-order valence-electron chi connectivity index (χ1n) is 9.01. The van der Waals surface area contributed by atoms with Gasteiger partial charge in [0.25, 0.3) is 0 Å². The molecular formula is C21H24N2O3S. The molecule has 0 spiro atoms. The van der Waals surface area contributed by atoms with E-state index in [1.807, 2.05) is 49.4 Å². The van der Waals surface area contributed by atoms with Gasteiger partial charge in [0.1, 0.15) is 5.75 Å². The number of amides is 1. The van der Waals surface area contributed by atoms with Crippen LogP contribution in [0.25, 0.3) is 0 Å². The van der Waals surface area contributed by atoms with E-state index in [-0.39, 0.29) is 23.5 Å². The maximum absolute atomic E-state index is 13.2. The van der Waals surface area contributed by atoms with Crippen LogP contribution in [-0.2, 0) is 22.6 Å². The maximum Gasteiger partial charge on any atom is 0.241 e. The number of ketones is 1. The molecule has 0 saturated heterocycles. The van der Waals surface area contributed by atoms with E-state index in [1.165, 1.54) is 0 Å². The van der Waals surface area contributed by atoms with E-state index in [0.29, 0.717) is 19.4 Å². The Kier molecular flexibility index (Phi) is 6.19. The number of ether oxygens (including phenoxy) is 1. The zero-order valence-corrected chi connectivity index (χ0v) is 16.4. The number of nitrogens with zero attached hydrogens (tertiary/aromatic N) is 1. The first-order chi connectivity index (χ1) is 13.0. The molecule has 2 aromatic carbocycles. The first-order valence-corrected chi connectivity index (χ1v) is 9.89. The summed E-state index contributed by atoms with van der Waals surface area (Å²) in [5.74, 6) is 0.804. The fourth-order valence-corrected chi connectivity index (χ4v) is 4.30. The molecule has 1 aliphatic heterocycles. The monoisotopic (exact) mass is 384 g/mol. The summed E-state index contributed by atoms with van der Waals surface area (Å²) in [7, 11) is 1.63. The third-order valence-corrected chi connectivity index (χ3v) is 5.92. The molecule has 3 rings (SSSR count). The summed E-state index contributed by atoms with van der Waals surface area (Å²) in [6.07, 6.45) is 1.01. The van der Waals surface area contributed by atoms with Gasteiger partial charge in [0.15, 0.2) is 5.78 Å². The topological polar surface area (TPSA) is 72.6 Å². The fraction of sp³-hybridized carbons (Fsp3) is 0.333. The molecule has 1 aliphatic rings. The van der Waals surface area contributed by atoms with E-state index in [0.717, 1.165) is 27.5 Å². The van der Waals surface area contributed by atoms with Gasteiger partial charge in [-0.3, -0.25) is 9.59 Å². The quantitative estimate of drug-likeness (QED) is 0.794. The minimum Gasteiger partial charge on any atom is -0.497 e. The molecule has 6 heteroatoms. The Morgan fingerprint density at radius 1 is 1.19 bits per heavy atom. The van der Waals surface area contributed by atoms with Gasteiger partial charge >= 0.3 is 0 Å². The van der Waals surface area contributed by atoms with Crippen LogP contribution in [0, 0.1) is 0 Å². The number of Topliss-reactive ketones (excluding diaryl/α,β-unsaturated/α-hetero) is 1. The smallest absolute Gasteiger partial charge is 0.241 e. The van der Waals surface area contributed by atoms with Crippen LogP contribution in [0.1, 0.15) is 24.5 Å². The molecule has 1 heterocycles. The highest BCUT2D eigenvalue weighted by atomic mass is 32.2. The van der Waals surface area contributed by atoms with Gasteiger partial charge in [-0.1, -0.05) is 25.1 Å². The second-order valence-electron chi connectivity index (χ2n) is 6.48. The zero-order chi connectivity index (χ0) is 19.4. The van der Waals surface area contributed by atoms with Crippen LogP contribution < -0.4 is 15.4 Å². The van der Waals surface area contributed by atoms with Gasteiger partial charge in [-0.25, -0.2) is 0 Å². The van der Waals surface area contributed by atoms with Crippen molar-refractivity contribution in [2.24, 2.45) is 5.73 Å². The van der Waals surface area contributed by atoms with Crippen molar-refractivity contribution < 1.29 is 14.3 Å². The number of methoxy groups -OCH3 is 1. The van der Waals surface area contributed by atoms with Crippen LogP contribution in [0.4, 0.5) is 5.69 Å². The van der Waals surface area contributed by atoms with Crippen LogP contribution in [0.5, 0.6) is 5.75 Å². The minimum atomic E-state index is -0.265. The third kappa shape index (κ3) is 4.34. The summed E-state index contributed by atoms with van der Waals surface area (Å²) in [5, 5.41) is -0.265. The van der Waals surface area contributed by atoms with Gasteiger partial charge in [-0.15, -0.1) is 11.8 Å². The number of carbonyl (C=O) groups is 2. The average molecular weight is 385 g/mol. The Bertz CT molecular complexity index is 836. The van der Waals surface area contributed by atoms with Crippen molar-refractivity contribution in [3.8, 4) is 5.75 Å². The third-order valence-electron chi connectivity index (χ3n) is 4.67. The number of hydrogen-bond donors (Lipinski definition) is 1. The number of thioether (sulfide) groups is 1. The lowest BCUT2D eigenvalue weighted by molar-refractivity contribution is -0.122. The molecular weight excluding hydrogens is 360 g/mol. The summed E-state index contributed by atoms with van der Waals surface area (Å²) < 4.78 is 5.19. The van der Waals surface area contributed by atoms with Crippen LogP contribution in [0.2, 0.25) is 0 Å². The molecule has 0 aliphatic carbocycles. The predicted molar refractivity (Wildman–Crippen MR) is 108 cm³/mol. The number of fused-ring (bicyclic) bond motifs is 1. The van der Waals surface area contributed by atoms with Gasteiger partial charge in [-0.05, 0) is 41.8 Å². The molecule has 0 aromatic heterocycles. The Labute approximate surface area is 163 Å². The predicted octanol–water partition coefficient (Wildman–Crippen LogP) is 3.18. The molecule has 1 amide bonds. The molecule has 0 radical (unpaired) electrons. The first kappa shape index (κ1) is 19.5. The summed E-state index contributed by atoms with van der Waals surface area (Å²) in [6, 6.07) is 13.6. The second-order valence-corrected chi connectivity index (χ2v) is 7.73. The Balaban J connectivity index is 1.90. The van der Waals surface area contributed by atoms with E-state index < -0.39 is 0 Å². The highest BCUT2D eigenvalue weighted by molar-refractivity contribution is 8.01. The molecule has 2 aromatic rings. The molecule has 0 fully saturated rings. The van der Waals surface area contributed by atoms with Gasteiger partial charge in [0, 0.05) is 17.9 Å². The second kappa shape index (κ2) is 8.59. The van der Waals surface area contributed by atoms with Gasteiger partial charge < -0.3 is 15.4 Å². The minimum absolute atomic E-state index is 0.0284. The summed E-state index contributed by atoms with van der Waals surface area (Å²) >= 11 is 1.55. The van der Waals surface area contributed by atoms with Crippen molar-refractivity contribution >= 4 is 29.1 Å². The van der Waals surface area contributed by atoms with Crippen LogP contribution in [-0.4, -0.2) is 30.6 Å². The van der Waals surface area contributed by atoms with E-state index in [4.69, 9.17) is 10.5 Å². The number of anilines is 1. The average Bonchev–Trinajstić information content (AvgIpc) is 2.71. The Morgan fingerprint density at radius 2 is 1.89 bits per heavy atom. The number of benzene rings is 2. The molecule has 0 bridgehead atoms. The zero-order valence-electron chi connectivity index (χ0n) is 15.6. The number of carbonyl (C=O) groups excluding carboxylic acids is 2. The SMILES string of the molecule is CCC(=O)CN1C(=O)C(Cc2ccc(OC)cc2)Sc2ccc(CN)cc21. The summed E-state index contributed by atoms with van der Waals surface area (Å²) in [4.78, 5) is 27.9. The number of rotatable bonds is 7. The van der Waals surface area contributed by atoms with Crippen molar-refractivity contribution in [3.63, 3.8) is 0 Å². The fourth-order valence-electron chi connectivity index (χ4n) is 3.05. The molecule has 0 saturated carbocycles. The van der Waals surface area contributed by atoms with Gasteiger partial charge in [-0.2, -0.15) is 0 Å². The summed E-state index contributed by atoms with van der Waals surface area (Å²) in [5.41, 5.74) is 8.56. The molecule has 2 N–H and O–H groups in total. The van der Waals surface area contributed by atoms with Gasteiger partial charge in [0.05, 0.1) is 24.6 Å². The van der Waals surface area contributed by atoms with Gasteiger partial charge in [0.2, 0.25) is 5.91 Å². The Hall–Kier alpha value is -2.31. The van der Waals surface area contributed by atoms with E-state index >= 15 is 0 Å². The van der Waals surface area contributed by atoms with Crippen LogP contribution >= 0.6 is 11.8 Å².